The molecule has 1 atom stereocenters. The number of rotatable bonds is 3. The maximum Gasteiger partial charge on any atom is 0.253 e. The van der Waals surface area contributed by atoms with Crippen molar-refractivity contribution < 1.29 is 4.79 Å². The number of carbonyl (C=O) groups is 1. The second kappa shape index (κ2) is 7.50. The molecule has 0 N–H and O–H groups in total. The van der Waals surface area contributed by atoms with Crippen LogP contribution in [-0.2, 0) is 0 Å². The van der Waals surface area contributed by atoms with Crippen LogP contribution < -0.4 is 0 Å². The maximum atomic E-state index is 12.6. The summed E-state index contributed by atoms with van der Waals surface area (Å²) >= 11 is 0. The molecule has 0 radical (unpaired) electrons. The minimum absolute atomic E-state index is 0.0732. The Balaban J connectivity index is 1.67. The lowest BCUT2D eigenvalue weighted by Crippen LogP contribution is -2.49. The molecule has 1 saturated heterocycles. The van der Waals surface area contributed by atoms with Crippen LogP contribution in [0.2, 0.25) is 0 Å². The Labute approximate surface area is 149 Å². The van der Waals surface area contributed by atoms with Gasteiger partial charge in [-0.3, -0.25) is 9.69 Å². The maximum absolute atomic E-state index is 12.6. The number of carbonyl (C=O) groups excluding carboxylic acids is 1. The van der Waals surface area contributed by atoms with E-state index in [-0.39, 0.29) is 11.9 Å². The third-order valence-corrected chi connectivity index (χ3v) is 4.87. The summed E-state index contributed by atoms with van der Waals surface area (Å²) in [7, 11) is 0. The van der Waals surface area contributed by atoms with Gasteiger partial charge in [0.15, 0.2) is 0 Å². The van der Waals surface area contributed by atoms with Crippen molar-refractivity contribution in [2.45, 2.75) is 19.9 Å². The van der Waals surface area contributed by atoms with Crippen LogP contribution in [0, 0.1) is 25.2 Å². The molecule has 128 valence electrons. The standard InChI is InChI=1S/C21H23N3O/c1-16-7-9-18(10-8-16)21(25)24-13-11-23(12-14-24)20(15-22)19-6-4-3-5-17(19)2/h3-10,20H,11-14H2,1-2H3. The molecule has 4 nitrogen and oxygen atoms in total. The van der Waals surface area contributed by atoms with Gasteiger partial charge in [0, 0.05) is 31.7 Å². The Kier molecular flexibility index (Phi) is 5.16. The smallest absolute Gasteiger partial charge is 0.253 e. The SMILES string of the molecule is Cc1ccc(C(=O)N2CCN(C(C#N)c3ccccc3C)CC2)cc1. The van der Waals surface area contributed by atoms with Crippen molar-refractivity contribution in [3.8, 4) is 6.07 Å². The van der Waals surface area contributed by atoms with E-state index in [0.29, 0.717) is 26.2 Å². The van der Waals surface area contributed by atoms with E-state index in [1.165, 1.54) is 0 Å². The van der Waals surface area contributed by atoms with E-state index in [1.54, 1.807) is 0 Å². The summed E-state index contributed by atoms with van der Waals surface area (Å²) in [5.74, 6) is 0.0732. The number of hydrogen-bond donors (Lipinski definition) is 0. The van der Waals surface area contributed by atoms with E-state index < -0.39 is 0 Å². The number of nitriles is 1. The Morgan fingerprint density at radius 1 is 1.00 bits per heavy atom. The lowest BCUT2D eigenvalue weighted by atomic mass is 10.0. The average Bonchev–Trinajstić information content (AvgIpc) is 2.64. The molecule has 2 aromatic carbocycles. The molecule has 0 aromatic heterocycles. The summed E-state index contributed by atoms with van der Waals surface area (Å²) in [4.78, 5) is 16.7. The average molecular weight is 333 g/mol. The number of piperazine rings is 1. The van der Waals surface area contributed by atoms with Gasteiger partial charge in [-0.15, -0.1) is 0 Å². The van der Waals surface area contributed by atoms with E-state index in [2.05, 4.69) is 11.0 Å². The highest BCUT2D eigenvalue weighted by molar-refractivity contribution is 5.94. The largest absolute Gasteiger partial charge is 0.336 e. The van der Waals surface area contributed by atoms with Gasteiger partial charge in [0.2, 0.25) is 0 Å². The molecule has 2 aromatic rings. The van der Waals surface area contributed by atoms with Crippen LogP contribution in [0.3, 0.4) is 0 Å². The van der Waals surface area contributed by atoms with E-state index in [1.807, 2.05) is 67.3 Å². The molecule has 1 aliphatic heterocycles. The van der Waals surface area contributed by atoms with Crippen molar-refractivity contribution in [1.29, 1.82) is 5.26 Å². The molecular weight excluding hydrogens is 310 g/mol. The summed E-state index contributed by atoms with van der Waals surface area (Å²) in [5.41, 5.74) is 4.07. The molecule has 0 saturated carbocycles. The number of aryl methyl sites for hydroxylation is 2. The van der Waals surface area contributed by atoms with Crippen LogP contribution in [0.25, 0.3) is 0 Å². The van der Waals surface area contributed by atoms with Crippen molar-refractivity contribution in [2.75, 3.05) is 26.2 Å². The van der Waals surface area contributed by atoms with Crippen molar-refractivity contribution >= 4 is 5.91 Å². The topological polar surface area (TPSA) is 47.3 Å². The highest BCUT2D eigenvalue weighted by Crippen LogP contribution is 2.24. The molecule has 1 fully saturated rings. The molecule has 25 heavy (non-hydrogen) atoms. The van der Waals surface area contributed by atoms with Gasteiger partial charge in [-0.2, -0.15) is 5.26 Å². The predicted octanol–water partition coefficient (Wildman–Crippen LogP) is 3.33. The van der Waals surface area contributed by atoms with Crippen molar-refractivity contribution in [3.05, 3.63) is 70.8 Å². The van der Waals surface area contributed by atoms with Gasteiger partial charge in [0.1, 0.15) is 6.04 Å². The van der Waals surface area contributed by atoms with Gasteiger partial charge in [0.05, 0.1) is 6.07 Å². The molecule has 0 bridgehead atoms. The molecule has 1 heterocycles. The molecule has 1 aliphatic rings. The van der Waals surface area contributed by atoms with Crippen molar-refractivity contribution in [1.82, 2.24) is 9.80 Å². The first-order valence-electron chi connectivity index (χ1n) is 8.65. The third kappa shape index (κ3) is 3.72. The van der Waals surface area contributed by atoms with Gasteiger partial charge in [-0.1, -0.05) is 42.0 Å². The van der Waals surface area contributed by atoms with Gasteiger partial charge in [-0.25, -0.2) is 0 Å². The molecule has 4 heteroatoms. The summed E-state index contributed by atoms with van der Waals surface area (Å²) in [5, 5.41) is 9.66. The Morgan fingerprint density at radius 3 is 2.24 bits per heavy atom. The summed E-state index contributed by atoms with van der Waals surface area (Å²) in [6.45, 7) is 6.78. The zero-order valence-corrected chi connectivity index (χ0v) is 14.8. The first-order chi connectivity index (χ1) is 12.1. The molecular formula is C21H23N3O. The number of benzene rings is 2. The Bertz CT molecular complexity index is 784. The lowest BCUT2D eigenvalue weighted by Gasteiger charge is -2.37. The Hall–Kier alpha value is -2.64. The molecule has 1 unspecified atom stereocenters. The van der Waals surface area contributed by atoms with Crippen LogP contribution in [0.15, 0.2) is 48.5 Å². The predicted molar refractivity (Wildman–Crippen MR) is 98.2 cm³/mol. The summed E-state index contributed by atoms with van der Waals surface area (Å²) in [6, 6.07) is 17.9. The molecule has 1 amide bonds. The van der Waals surface area contributed by atoms with Crippen LogP contribution in [-0.4, -0.2) is 41.9 Å². The van der Waals surface area contributed by atoms with Crippen LogP contribution >= 0.6 is 0 Å². The number of nitrogens with zero attached hydrogens (tertiary/aromatic N) is 3. The molecule has 0 aliphatic carbocycles. The second-order valence-corrected chi connectivity index (χ2v) is 6.58. The Morgan fingerprint density at radius 2 is 1.64 bits per heavy atom. The summed E-state index contributed by atoms with van der Waals surface area (Å²) < 4.78 is 0. The normalized spacial score (nSPS) is 16.3. The quantitative estimate of drug-likeness (QED) is 0.865. The van der Waals surface area contributed by atoms with Gasteiger partial charge in [-0.05, 0) is 37.1 Å². The monoisotopic (exact) mass is 333 g/mol. The van der Waals surface area contributed by atoms with Gasteiger partial charge in [0.25, 0.3) is 5.91 Å². The highest BCUT2D eigenvalue weighted by Gasteiger charge is 2.28. The fourth-order valence-corrected chi connectivity index (χ4v) is 3.30. The van der Waals surface area contributed by atoms with E-state index in [4.69, 9.17) is 0 Å². The summed E-state index contributed by atoms with van der Waals surface area (Å²) in [6.07, 6.45) is 0. The van der Waals surface area contributed by atoms with E-state index in [0.717, 1.165) is 22.3 Å². The second-order valence-electron chi connectivity index (χ2n) is 6.58. The van der Waals surface area contributed by atoms with Gasteiger partial charge < -0.3 is 4.90 Å². The minimum atomic E-state index is -0.252. The first kappa shape index (κ1) is 17.2. The molecule has 0 spiro atoms. The molecule has 3 rings (SSSR count). The third-order valence-electron chi connectivity index (χ3n) is 4.87. The van der Waals surface area contributed by atoms with Crippen LogP contribution in [0.4, 0.5) is 0 Å². The minimum Gasteiger partial charge on any atom is -0.336 e. The van der Waals surface area contributed by atoms with E-state index >= 15 is 0 Å². The fraction of sp³-hybridized carbons (Fsp3) is 0.333. The van der Waals surface area contributed by atoms with Crippen molar-refractivity contribution in [2.24, 2.45) is 0 Å². The van der Waals surface area contributed by atoms with E-state index in [9.17, 15) is 10.1 Å². The van der Waals surface area contributed by atoms with Gasteiger partial charge >= 0.3 is 0 Å². The zero-order chi connectivity index (χ0) is 17.8. The number of hydrogen-bond acceptors (Lipinski definition) is 3. The van der Waals surface area contributed by atoms with Crippen LogP contribution in [0.1, 0.15) is 33.1 Å². The van der Waals surface area contributed by atoms with Crippen LogP contribution in [0.5, 0.6) is 0 Å². The zero-order valence-electron chi connectivity index (χ0n) is 14.8. The first-order valence-corrected chi connectivity index (χ1v) is 8.65. The number of amides is 1. The fourth-order valence-electron chi connectivity index (χ4n) is 3.30. The van der Waals surface area contributed by atoms with Crippen molar-refractivity contribution in [3.63, 3.8) is 0 Å². The lowest BCUT2D eigenvalue weighted by molar-refractivity contribution is 0.0606. The highest BCUT2D eigenvalue weighted by atomic mass is 16.2.